The van der Waals surface area contributed by atoms with E-state index in [4.69, 9.17) is 4.89 Å². The first-order valence-electron chi connectivity index (χ1n) is 3.15. The van der Waals surface area contributed by atoms with E-state index in [0.29, 0.717) is 12.6 Å². The smallest absolute Gasteiger partial charge is 0.204 e. The van der Waals surface area contributed by atoms with Crippen LogP contribution in [-0.2, 0) is 4.57 Å². The minimum absolute atomic E-state index is 0.209. The Hall–Kier alpha value is -0.330. The van der Waals surface area contributed by atoms with Crippen LogP contribution < -0.4 is 0 Å². The van der Waals surface area contributed by atoms with E-state index in [0.717, 1.165) is 0 Å². The number of hydrogen-bond acceptors (Lipinski definition) is 1. The lowest BCUT2D eigenvalue weighted by molar-refractivity contribution is 0.481. The van der Waals surface area contributed by atoms with E-state index in [9.17, 15) is 4.57 Å². The number of hydrogen-bond donors (Lipinski definition) is 1. The van der Waals surface area contributed by atoms with Gasteiger partial charge in [-0.25, -0.2) is 0 Å². The summed E-state index contributed by atoms with van der Waals surface area (Å²) < 4.78 is 11.0. The van der Waals surface area contributed by atoms with Gasteiger partial charge in [-0.15, -0.1) is 13.2 Å². The van der Waals surface area contributed by atoms with Gasteiger partial charge >= 0.3 is 0 Å². The lowest BCUT2D eigenvalue weighted by atomic mass is 10.5. The average Bonchev–Trinajstić information content (AvgIpc) is 1.84. The highest BCUT2D eigenvalue weighted by Crippen LogP contribution is 2.40. The van der Waals surface area contributed by atoms with Gasteiger partial charge in [-0.2, -0.15) is 0 Å². The Bertz CT molecular complexity index is 163. The summed E-state index contributed by atoms with van der Waals surface area (Å²) in [5.74, 6) is 0. The summed E-state index contributed by atoms with van der Waals surface area (Å²) in [6.07, 6.45) is 4.25. The second-order valence-corrected chi connectivity index (χ2v) is 4.62. The fraction of sp³-hybridized carbons (Fsp3) is 0.429. The second kappa shape index (κ2) is 4.48. The third-order valence-electron chi connectivity index (χ3n) is 1.10. The van der Waals surface area contributed by atoms with E-state index in [1.54, 1.807) is 6.08 Å². The number of allylic oxidation sites excluding steroid dienone is 2. The Morgan fingerprint density at radius 3 is 2.40 bits per heavy atom. The molecule has 0 aromatic carbocycles. The fourth-order valence-corrected chi connectivity index (χ4v) is 1.76. The van der Waals surface area contributed by atoms with Crippen LogP contribution in [0.3, 0.4) is 0 Å². The minimum Gasteiger partial charge on any atom is -0.344 e. The van der Waals surface area contributed by atoms with Crippen LogP contribution in [0, 0.1) is 0 Å². The van der Waals surface area contributed by atoms with Crippen LogP contribution in [0.1, 0.15) is 6.42 Å². The molecule has 3 heteroatoms. The van der Waals surface area contributed by atoms with E-state index in [1.807, 2.05) is 0 Å². The van der Waals surface area contributed by atoms with Crippen LogP contribution in [0.25, 0.3) is 0 Å². The highest BCUT2D eigenvalue weighted by Gasteiger charge is 2.13. The molecule has 0 spiro atoms. The van der Waals surface area contributed by atoms with Gasteiger partial charge in [-0.05, 0) is 6.42 Å². The van der Waals surface area contributed by atoms with E-state index in [1.165, 1.54) is 6.08 Å². The van der Waals surface area contributed by atoms with Gasteiger partial charge < -0.3 is 4.89 Å². The van der Waals surface area contributed by atoms with Crippen molar-refractivity contribution in [3.05, 3.63) is 25.3 Å². The van der Waals surface area contributed by atoms with Crippen molar-refractivity contribution < 1.29 is 9.46 Å². The normalized spacial score (nSPS) is 15.7. The molecule has 1 N–H and O–H groups in total. The molecule has 2 nitrogen and oxygen atoms in total. The molecule has 0 aliphatic rings. The Kier molecular flexibility index (Phi) is 4.33. The molecule has 0 aliphatic heterocycles. The summed E-state index contributed by atoms with van der Waals surface area (Å²) in [5, 5.41) is 0. The molecule has 0 heterocycles. The molecular formula is C7H13O2P. The van der Waals surface area contributed by atoms with Gasteiger partial charge in [0.2, 0.25) is 7.37 Å². The molecule has 0 amide bonds. The molecule has 0 aromatic rings. The maximum Gasteiger partial charge on any atom is 0.204 e. The average molecular weight is 160 g/mol. The summed E-state index contributed by atoms with van der Waals surface area (Å²) in [4.78, 5) is 9.08. The maximum absolute atomic E-state index is 11.0. The Morgan fingerprint density at radius 1 is 1.40 bits per heavy atom. The van der Waals surface area contributed by atoms with Crippen molar-refractivity contribution in [2.45, 2.75) is 6.42 Å². The van der Waals surface area contributed by atoms with Crippen LogP contribution in [-0.4, -0.2) is 17.2 Å². The zero-order chi connectivity index (χ0) is 8.04. The summed E-state index contributed by atoms with van der Waals surface area (Å²) >= 11 is 0. The van der Waals surface area contributed by atoms with Crippen molar-refractivity contribution in [2.75, 3.05) is 12.3 Å². The lowest BCUT2D eigenvalue weighted by Crippen LogP contribution is -1.90. The van der Waals surface area contributed by atoms with E-state index >= 15 is 0 Å². The first-order chi connectivity index (χ1) is 4.62. The quantitative estimate of drug-likeness (QED) is 0.493. The minimum atomic E-state index is -2.90. The van der Waals surface area contributed by atoms with Gasteiger partial charge in [0.05, 0.1) is 0 Å². The summed E-state index contributed by atoms with van der Waals surface area (Å²) in [5.41, 5.74) is 0. The van der Waals surface area contributed by atoms with Crippen molar-refractivity contribution in [3.63, 3.8) is 0 Å². The lowest BCUT2D eigenvalue weighted by Gasteiger charge is -2.05. The summed E-state index contributed by atoms with van der Waals surface area (Å²) in [6.45, 7) is 6.86. The molecule has 0 saturated heterocycles. The van der Waals surface area contributed by atoms with Gasteiger partial charge in [0.15, 0.2) is 0 Å². The van der Waals surface area contributed by atoms with Gasteiger partial charge in [0, 0.05) is 12.3 Å². The molecule has 58 valence electrons. The highest BCUT2D eigenvalue weighted by molar-refractivity contribution is 7.58. The molecule has 0 aromatic heterocycles. The fourth-order valence-electron chi connectivity index (χ4n) is 0.586. The van der Waals surface area contributed by atoms with Gasteiger partial charge in [-0.1, -0.05) is 12.2 Å². The molecule has 0 bridgehead atoms. The van der Waals surface area contributed by atoms with Crippen LogP contribution >= 0.6 is 7.37 Å². The van der Waals surface area contributed by atoms with E-state index in [2.05, 4.69) is 13.2 Å². The van der Waals surface area contributed by atoms with Crippen molar-refractivity contribution >= 4 is 7.37 Å². The molecule has 0 fully saturated rings. The summed E-state index contributed by atoms with van der Waals surface area (Å²) in [6, 6.07) is 0. The molecule has 1 unspecified atom stereocenters. The van der Waals surface area contributed by atoms with Crippen molar-refractivity contribution in [2.24, 2.45) is 0 Å². The van der Waals surface area contributed by atoms with Gasteiger partial charge in [-0.3, -0.25) is 4.57 Å². The maximum atomic E-state index is 11.0. The van der Waals surface area contributed by atoms with E-state index < -0.39 is 7.37 Å². The highest BCUT2D eigenvalue weighted by atomic mass is 31.2. The standard InChI is InChI=1S/C7H13O2P/c1-3-5-7-10(8,9)6-4-2/h3-4H,1-2,5-7H2,(H,8,9). The third-order valence-corrected chi connectivity index (χ3v) is 2.88. The van der Waals surface area contributed by atoms with Gasteiger partial charge in [0.25, 0.3) is 0 Å². The van der Waals surface area contributed by atoms with Crippen molar-refractivity contribution in [1.82, 2.24) is 0 Å². The predicted octanol–water partition coefficient (Wildman–Crippen LogP) is 2.02. The summed E-state index contributed by atoms with van der Waals surface area (Å²) in [7, 11) is -2.90. The largest absolute Gasteiger partial charge is 0.344 e. The van der Waals surface area contributed by atoms with Crippen LogP contribution in [0.15, 0.2) is 25.3 Å². The molecule has 0 saturated carbocycles. The Morgan fingerprint density at radius 2 is 2.00 bits per heavy atom. The second-order valence-electron chi connectivity index (χ2n) is 2.12. The number of rotatable bonds is 5. The van der Waals surface area contributed by atoms with Gasteiger partial charge in [0.1, 0.15) is 0 Å². The van der Waals surface area contributed by atoms with E-state index in [-0.39, 0.29) is 6.16 Å². The topological polar surface area (TPSA) is 37.3 Å². The van der Waals surface area contributed by atoms with Crippen molar-refractivity contribution in [1.29, 1.82) is 0 Å². The zero-order valence-corrected chi connectivity index (χ0v) is 6.89. The monoisotopic (exact) mass is 160 g/mol. The molecule has 0 rings (SSSR count). The first-order valence-corrected chi connectivity index (χ1v) is 5.18. The SMILES string of the molecule is C=CCCP(=O)(O)CC=C. The zero-order valence-electron chi connectivity index (χ0n) is 5.99. The molecular weight excluding hydrogens is 147 g/mol. The van der Waals surface area contributed by atoms with Crippen LogP contribution in [0.5, 0.6) is 0 Å². The van der Waals surface area contributed by atoms with Crippen LogP contribution in [0.4, 0.5) is 0 Å². The molecule has 10 heavy (non-hydrogen) atoms. The molecule has 1 atom stereocenters. The molecule has 0 radical (unpaired) electrons. The predicted molar refractivity (Wildman–Crippen MR) is 44.6 cm³/mol. The third kappa shape index (κ3) is 4.54. The van der Waals surface area contributed by atoms with Crippen molar-refractivity contribution in [3.8, 4) is 0 Å². The Labute approximate surface area is 61.7 Å². The Balaban J connectivity index is 3.74. The van der Waals surface area contributed by atoms with Crippen LogP contribution in [0.2, 0.25) is 0 Å². The first kappa shape index (κ1) is 9.67. The molecule has 0 aliphatic carbocycles.